The largest absolute Gasteiger partial charge is 0.337 e. The maximum Gasteiger partial charge on any atom is 0.226 e. The minimum absolute atomic E-state index is 0.260. The zero-order valence-electron chi connectivity index (χ0n) is 9.12. The number of nitrogens with zero attached hydrogens (tertiary/aromatic N) is 1. The van der Waals surface area contributed by atoms with Crippen molar-refractivity contribution in [3.05, 3.63) is 0 Å². The van der Waals surface area contributed by atoms with Crippen LogP contribution in [0, 0.1) is 11.8 Å². The van der Waals surface area contributed by atoms with Crippen molar-refractivity contribution in [2.45, 2.75) is 32.7 Å². The number of hydrogen-bond donors (Lipinski definition) is 1. The fourth-order valence-electron chi connectivity index (χ4n) is 2.23. The van der Waals surface area contributed by atoms with Crippen LogP contribution in [-0.2, 0) is 4.79 Å². The van der Waals surface area contributed by atoms with Crippen LogP contribution in [-0.4, -0.2) is 36.5 Å². The van der Waals surface area contributed by atoms with Crippen LogP contribution < -0.4 is 5.32 Å². The number of piperazine rings is 1. The van der Waals surface area contributed by atoms with Gasteiger partial charge in [0.25, 0.3) is 0 Å². The summed E-state index contributed by atoms with van der Waals surface area (Å²) in [6, 6.07) is 0.373. The summed E-state index contributed by atoms with van der Waals surface area (Å²) in [5.74, 6) is 1.32. The predicted octanol–water partition coefficient (Wildman–Crippen LogP) is 0.853. The lowest BCUT2D eigenvalue weighted by atomic mass is 10.0. The van der Waals surface area contributed by atoms with Crippen molar-refractivity contribution < 1.29 is 4.79 Å². The first-order valence-corrected chi connectivity index (χ1v) is 5.71. The number of hydrogen-bond acceptors (Lipinski definition) is 2. The summed E-state index contributed by atoms with van der Waals surface area (Å²) in [7, 11) is 0. The van der Waals surface area contributed by atoms with E-state index in [1.165, 1.54) is 12.8 Å². The monoisotopic (exact) mass is 196 g/mol. The van der Waals surface area contributed by atoms with Crippen LogP contribution in [0.4, 0.5) is 0 Å². The summed E-state index contributed by atoms with van der Waals surface area (Å²) in [6.07, 6.45) is 2.51. The van der Waals surface area contributed by atoms with Gasteiger partial charge < -0.3 is 10.2 Å². The molecule has 3 heteroatoms. The Morgan fingerprint density at radius 2 is 2.21 bits per heavy atom. The van der Waals surface area contributed by atoms with Gasteiger partial charge in [-0.05, 0) is 25.7 Å². The molecule has 1 heterocycles. The van der Waals surface area contributed by atoms with Gasteiger partial charge in [-0.1, -0.05) is 6.92 Å². The molecule has 2 atom stereocenters. The number of amides is 1. The molecule has 0 spiro atoms. The van der Waals surface area contributed by atoms with Gasteiger partial charge in [0.15, 0.2) is 0 Å². The number of rotatable bonds is 2. The Morgan fingerprint density at radius 3 is 2.79 bits per heavy atom. The first kappa shape index (κ1) is 9.97. The number of carbonyl (C=O) groups excluding carboxylic acids is 1. The summed E-state index contributed by atoms with van der Waals surface area (Å²) >= 11 is 0. The molecule has 0 aromatic rings. The minimum atomic E-state index is 0.260. The van der Waals surface area contributed by atoms with Gasteiger partial charge in [0.1, 0.15) is 0 Å². The van der Waals surface area contributed by atoms with Crippen molar-refractivity contribution in [3.8, 4) is 0 Å². The van der Waals surface area contributed by atoms with Crippen LogP contribution in [0.2, 0.25) is 0 Å². The van der Waals surface area contributed by atoms with Crippen molar-refractivity contribution in [1.82, 2.24) is 10.2 Å². The summed E-state index contributed by atoms with van der Waals surface area (Å²) in [4.78, 5) is 14.1. The van der Waals surface area contributed by atoms with E-state index in [1.54, 1.807) is 0 Å². The molecule has 1 N–H and O–H groups in total. The second kappa shape index (κ2) is 3.89. The van der Waals surface area contributed by atoms with Crippen LogP contribution in [0.15, 0.2) is 0 Å². The molecule has 0 aromatic heterocycles. The van der Waals surface area contributed by atoms with Crippen molar-refractivity contribution in [2.75, 3.05) is 19.6 Å². The van der Waals surface area contributed by atoms with Gasteiger partial charge in [-0.3, -0.25) is 4.79 Å². The first-order chi connectivity index (χ1) is 6.70. The molecule has 1 saturated heterocycles. The predicted molar refractivity (Wildman–Crippen MR) is 55.9 cm³/mol. The van der Waals surface area contributed by atoms with Gasteiger partial charge in [0.2, 0.25) is 5.91 Å². The van der Waals surface area contributed by atoms with Gasteiger partial charge in [-0.2, -0.15) is 0 Å². The Morgan fingerprint density at radius 1 is 1.50 bits per heavy atom. The van der Waals surface area contributed by atoms with E-state index in [9.17, 15) is 4.79 Å². The van der Waals surface area contributed by atoms with Crippen molar-refractivity contribution in [1.29, 1.82) is 0 Å². The van der Waals surface area contributed by atoms with Crippen molar-refractivity contribution >= 4 is 5.91 Å². The molecule has 1 amide bonds. The van der Waals surface area contributed by atoms with E-state index >= 15 is 0 Å². The third-order valence-corrected chi connectivity index (χ3v) is 3.50. The normalized spacial score (nSPS) is 30.1. The van der Waals surface area contributed by atoms with E-state index in [-0.39, 0.29) is 5.92 Å². The zero-order chi connectivity index (χ0) is 10.1. The van der Waals surface area contributed by atoms with Crippen LogP contribution >= 0.6 is 0 Å². The molecule has 1 aliphatic carbocycles. The maximum absolute atomic E-state index is 12.1. The summed E-state index contributed by atoms with van der Waals surface area (Å²) in [5.41, 5.74) is 0. The molecule has 14 heavy (non-hydrogen) atoms. The van der Waals surface area contributed by atoms with Gasteiger partial charge in [-0.15, -0.1) is 0 Å². The van der Waals surface area contributed by atoms with E-state index in [0.717, 1.165) is 19.6 Å². The van der Waals surface area contributed by atoms with Gasteiger partial charge >= 0.3 is 0 Å². The maximum atomic E-state index is 12.1. The quantitative estimate of drug-likeness (QED) is 0.710. The van der Waals surface area contributed by atoms with E-state index < -0.39 is 0 Å². The molecule has 1 aliphatic heterocycles. The molecule has 1 unspecified atom stereocenters. The fourth-order valence-corrected chi connectivity index (χ4v) is 2.23. The highest BCUT2D eigenvalue weighted by molar-refractivity contribution is 5.79. The Kier molecular flexibility index (Phi) is 2.77. The molecule has 1 saturated carbocycles. The Bertz CT molecular complexity index is 225. The molecule has 0 bridgehead atoms. The topological polar surface area (TPSA) is 32.3 Å². The molecular weight excluding hydrogens is 176 g/mol. The standard InChI is InChI=1S/C11H20N2O/c1-8-7-12-5-6-13(8)11(14)9(2)10-3-4-10/h8-10,12H,3-7H2,1-2H3/t8-,9?/m1/s1. The molecule has 0 aromatic carbocycles. The third kappa shape index (κ3) is 1.92. The lowest BCUT2D eigenvalue weighted by Crippen LogP contribution is -2.53. The Labute approximate surface area is 85.8 Å². The summed E-state index contributed by atoms with van der Waals surface area (Å²) in [5, 5.41) is 3.31. The smallest absolute Gasteiger partial charge is 0.226 e. The van der Waals surface area contributed by atoms with E-state index in [0.29, 0.717) is 17.9 Å². The second-order valence-electron chi connectivity index (χ2n) is 4.71. The van der Waals surface area contributed by atoms with Gasteiger partial charge in [-0.25, -0.2) is 0 Å². The highest BCUT2D eigenvalue weighted by Crippen LogP contribution is 2.37. The number of carbonyl (C=O) groups is 1. The van der Waals surface area contributed by atoms with E-state index in [4.69, 9.17) is 0 Å². The average Bonchev–Trinajstić information content (AvgIpc) is 3.00. The van der Waals surface area contributed by atoms with Crippen LogP contribution in [0.25, 0.3) is 0 Å². The SMILES string of the molecule is CC(C(=O)N1CCNC[C@H]1C)C1CC1. The Hall–Kier alpha value is -0.570. The fraction of sp³-hybridized carbons (Fsp3) is 0.909. The molecule has 2 rings (SSSR count). The van der Waals surface area contributed by atoms with Gasteiger partial charge in [0, 0.05) is 31.6 Å². The van der Waals surface area contributed by atoms with Crippen LogP contribution in [0.1, 0.15) is 26.7 Å². The molecule has 3 nitrogen and oxygen atoms in total. The van der Waals surface area contributed by atoms with E-state index in [1.807, 2.05) is 0 Å². The minimum Gasteiger partial charge on any atom is -0.337 e. The van der Waals surface area contributed by atoms with E-state index in [2.05, 4.69) is 24.1 Å². The average molecular weight is 196 g/mol. The first-order valence-electron chi connectivity index (χ1n) is 5.71. The highest BCUT2D eigenvalue weighted by Gasteiger charge is 2.36. The van der Waals surface area contributed by atoms with Gasteiger partial charge in [0.05, 0.1) is 0 Å². The zero-order valence-corrected chi connectivity index (χ0v) is 9.12. The lowest BCUT2D eigenvalue weighted by Gasteiger charge is -2.35. The summed E-state index contributed by atoms with van der Waals surface area (Å²) < 4.78 is 0. The van der Waals surface area contributed by atoms with Crippen molar-refractivity contribution in [3.63, 3.8) is 0 Å². The summed E-state index contributed by atoms with van der Waals surface area (Å²) in [6.45, 7) is 7.01. The Balaban J connectivity index is 1.94. The highest BCUT2D eigenvalue weighted by atomic mass is 16.2. The van der Waals surface area contributed by atoms with Crippen LogP contribution in [0.3, 0.4) is 0 Å². The molecule has 80 valence electrons. The molecular formula is C11H20N2O. The molecule has 2 aliphatic rings. The number of nitrogens with one attached hydrogen (secondary N) is 1. The second-order valence-corrected chi connectivity index (χ2v) is 4.71. The third-order valence-electron chi connectivity index (χ3n) is 3.50. The lowest BCUT2D eigenvalue weighted by molar-refractivity contribution is -0.138. The van der Waals surface area contributed by atoms with Crippen LogP contribution in [0.5, 0.6) is 0 Å². The molecule has 2 fully saturated rings. The molecule has 0 radical (unpaired) electrons. The van der Waals surface area contributed by atoms with Crippen molar-refractivity contribution in [2.24, 2.45) is 11.8 Å².